The maximum Gasteiger partial charge on any atom is 0.0195 e. The molecule has 1 aliphatic heterocycles. The van der Waals surface area contributed by atoms with E-state index < -0.39 is 0 Å². The minimum atomic E-state index is 0.398. The molecule has 3 heteroatoms. The highest BCUT2D eigenvalue weighted by atomic mass is 15.3. The molecule has 16 heavy (non-hydrogen) atoms. The minimum absolute atomic E-state index is 0.398. The molecular weight excluding hydrogens is 198 g/mol. The van der Waals surface area contributed by atoms with E-state index in [1.54, 1.807) is 0 Å². The Kier molecular flexibility index (Phi) is 5.73. The Balaban J connectivity index is 2.28. The number of nitrogens with zero attached hydrogens (tertiary/aromatic N) is 2. The molecule has 0 bridgehead atoms. The third-order valence-electron chi connectivity index (χ3n) is 3.91. The summed E-state index contributed by atoms with van der Waals surface area (Å²) in [5.41, 5.74) is 6.06. The zero-order chi connectivity index (χ0) is 12.1. The minimum Gasteiger partial charge on any atom is -0.328 e. The first-order valence-corrected chi connectivity index (χ1v) is 6.74. The Morgan fingerprint density at radius 1 is 1.19 bits per heavy atom. The zero-order valence-corrected chi connectivity index (χ0v) is 11.4. The normalized spacial score (nSPS) is 30.6. The van der Waals surface area contributed by atoms with E-state index in [0.717, 1.165) is 6.42 Å². The Hall–Kier alpha value is -0.120. The van der Waals surface area contributed by atoms with Gasteiger partial charge in [0.15, 0.2) is 0 Å². The van der Waals surface area contributed by atoms with Crippen LogP contribution in [0.3, 0.4) is 0 Å². The molecule has 3 atom stereocenters. The number of likely N-dealkylation sites (N-methyl/N-ethyl adjacent to an activating group) is 1. The lowest BCUT2D eigenvalue weighted by Gasteiger charge is -2.42. The summed E-state index contributed by atoms with van der Waals surface area (Å²) in [6.07, 6.45) is 3.52. The molecule has 1 rings (SSSR count). The van der Waals surface area contributed by atoms with E-state index in [1.165, 1.54) is 32.5 Å². The molecule has 0 aliphatic carbocycles. The van der Waals surface area contributed by atoms with Gasteiger partial charge in [0, 0.05) is 31.2 Å². The van der Waals surface area contributed by atoms with Crippen molar-refractivity contribution in [3.05, 3.63) is 0 Å². The fourth-order valence-corrected chi connectivity index (χ4v) is 2.56. The second kappa shape index (κ2) is 6.58. The standard InChI is InChI=1S/C13H29N3/c1-5-6-13(14)7-8-16-9-11(2)15(4)12(3)10-16/h11-13H,5-10,14H2,1-4H3. The first kappa shape index (κ1) is 13.9. The molecule has 0 amide bonds. The third kappa shape index (κ3) is 4.04. The van der Waals surface area contributed by atoms with Gasteiger partial charge in [0.2, 0.25) is 0 Å². The largest absolute Gasteiger partial charge is 0.328 e. The Bertz CT molecular complexity index is 184. The molecule has 1 saturated heterocycles. The van der Waals surface area contributed by atoms with E-state index in [-0.39, 0.29) is 0 Å². The van der Waals surface area contributed by atoms with E-state index in [1.807, 2.05) is 0 Å². The summed E-state index contributed by atoms with van der Waals surface area (Å²) in [7, 11) is 2.23. The smallest absolute Gasteiger partial charge is 0.0195 e. The van der Waals surface area contributed by atoms with E-state index in [9.17, 15) is 0 Å². The van der Waals surface area contributed by atoms with Gasteiger partial charge in [-0.05, 0) is 40.3 Å². The Morgan fingerprint density at radius 3 is 2.25 bits per heavy atom. The summed E-state index contributed by atoms with van der Waals surface area (Å²) < 4.78 is 0. The van der Waals surface area contributed by atoms with Crippen molar-refractivity contribution in [2.24, 2.45) is 5.73 Å². The van der Waals surface area contributed by atoms with Crippen molar-refractivity contribution in [2.45, 2.75) is 58.2 Å². The molecule has 0 saturated carbocycles. The van der Waals surface area contributed by atoms with Gasteiger partial charge in [0.05, 0.1) is 0 Å². The summed E-state index contributed by atoms with van der Waals surface area (Å²) >= 11 is 0. The maximum atomic E-state index is 6.06. The molecule has 0 aromatic carbocycles. The number of piperazine rings is 1. The van der Waals surface area contributed by atoms with Gasteiger partial charge in [-0.1, -0.05) is 13.3 Å². The molecule has 96 valence electrons. The van der Waals surface area contributed by atoms with Crippen LogP contribution in [0.4, 0.5) is 0 Å². The highest BCUT2D eigenvalue weighted by Crippen LogP contribution is 2.14. The van der Waals surface area contributed by atoms with Crippen molar-refractivity contribution in [1.82, 2.24) is 9.80 Å². The molecule has 0 radical (unpaired) electrons. The highest BCUT2D eigenvalue weighted by Gasteiger charge is 2.26. The van der Waals surface area contributed by atoms with Crippen LogP contribution in [0, 0.1) is 0 Å². The van der Waals surface area contributed by atoms with Gasteiger partial charge in [-0.2, -0.15) is 0 Å². The molecule has 0 spiro atoms. The summed E-state index contributed by atoms with van der Waals surface area (Å²) in [5.74, 6) is 0. The molecule has 0 aromatic heterocycles. The van der Waals surface area contributed by atoms with Crippen molar-refractivity contribution in [3.8, 4) is 0 Å². The number of hydrogen-bond acceptors (Lipinski definition) is 3. The molecular formula is C13H29N3. The van der Waals surface area contributed by atoms with Gasteiger partial charge in [-0.25, -0.2) is 0 Å². The van der Waals surface area contributed by atoms with Crippen LogP contribution in [0.25, 0.3) is 0 Å². The van der Waals surface area contributed by atoms with Crippen LogP contribution < -0.4 is 5.73 Å². The molecule has 2 N–H and O–H groups in total. The lowest BCUT2D eigenvalue weighted by molar-refractivity contribution is 0.0583. The summed E-state index contributed by atoms with van der Waals surface area (Å²) in [6.45, 7) is 10.4. The lowest BCUT2D eigenvalue weighted by Crippen LogP contribution is -2.55. The second-order valence-corrected chi connectivity index (χ2v) is 5.46. The Labute approximate surface area is 101 Å². The lowest BCUT2D eigenvalue weighted by atomic mass is 10.1. The average molecular weight is 227 g/mol. The Morgan fingerprint density at radius 2 is 1.75 bits per heavy atom. The monoisotopic (exact) mass is 227 g/mol. The van der Waals surface area contributed by atoms with Crippen LogP contribution in [0.2, 0.25) is 0 Å². The predicted molar refractivity (Wildman–Crippen MR) is 70.6 cm³/mol. The summed E-state index contributed by atoms with van der Waals surface area (Å²) in [6, 6.07) is 1.74. The van der Waals surface area contributed by atoms with E-state index >= 15 is 0 Å². The molecule has 0 aromatic rings. The number of rotatable bonds is 5. The molecule has 1 aliphatic rings. The van der Waals surface area contributed by atoms with Crippen molar-refractivity contribution in [3.63, 3.8) is 0 Å². The van der Waals surface area contributed by atoms with Gasteiger partial charge in [-0.15, -0.1) is 0 Å². The fraction of sp³-hybridized carbons (Fsp3) is 1.00. The van der Waals surface area contributed by atoms with E-state index in [4.69, 9.17) is 5.73 Å². The summed E-state index contributed by atoms with van der Waals surface area (Å²) in [5, 5.41) is 0. The number of nitrogens with two attached hydrogens (primary N) is 1. The molecule has 3 unspecified atom stereocenters. The van der Waals surface area contributed by atoms with Crippen LogP contribution in [0.15, 0.2) is 0 Å². The second-order valence-electron chi connectivity index (χ2n) is 5.46. The van der Waals surface area contributed by atoms with Crippen molar-refractivity contribution in [2.75, 3.05) is 26.7 Å². The quantitative estimate of drug-likeness (QED) is 0.773. The van der Waals surface area contributed by atoms with E-state index in [0.29, 0.717) is 18.1 Å². The number of hydrogen-bond donors (Lipinski definition) is 1. The van der Waals surface area contributed by atoms with Crippen LogP contribution in [-0.2, 0) is 0 Å². The first-order chi connectivity index (χ1) is 7.54. The van der Waals surface area contributed by atoms with Gasteiger partial charge in [0.25, 0.3) is 0 Å². The van der Waals surface area contributed by atoms with Gasteiger partial charge < -0.3 is 10.6 Å². The SMILES string of the molecule is CCCC(N)CCN1CC(C)N(C)C(C)C1. The fourth-order valence-electron chi connectivity index (χ4n) is 2.56. The summed E-state index contributed by atoms with van der Waals surface area (Å²) in [4.78, 5) is 5.05. The third-order valence-corrected chi connectivity index (χ3v) is 3.91. The highest BCUT2D eigenvalue weighted by molar-refractivity contribution is 4.83. The predicted octanol–water partition coefficient (Wildman–Crippen LogP) is 1.53. The molecule has 3 nitrogen and oxygen atoms in total. The molecule has 1 heterocycles. The first-order valence-electron chi connectivity index (χ1n) is 6.74. The van der Waals surface area contributed by atoms with Crippen molar-refractivity contribution < 1.29 is 0 Å². The topological polar surface area (TPSA) is 32.5 Å². The molecule has 1 fully saturated rings. The van der Waals surface area contributed by atoms with Crippen LogP contribution in [-0.4, -0.2) is 54.6 Å². The maximum absolute atomic E-state index is 6.06. The van der Waals surface area contributed by atoms with E-state index in [2.05, 4.69) is 37.6 Å². The van der Waals surface area contributed by atoms with Gasteiger partial charge in [0.1, 0.15) is 0 Å². The zero-order valence-electron chi connectivity index (χ0n) is 11.4. The van der Waals surface area contributed by atoms with Crippen LogP contribution >= 0.6 is 0 Å². The van der Waals surface area contributed by atoms with Crippen LogP contribution in [0.5, 0.6) is 0 Å². The van der Waals surface area contributed by atoms with Gasteiger partial charge >= 0.3 is 0 Å². The van der Waals surface area contributed by atoms with Crippen molar-refractivity contribution >= 4 is 0 Å². The van der Waals surface area contributed by atoms with Crippen molar-refractivity contribution in [1.29, 1.82) is 0 Å². The average Bonchev–Trinajstić information content (AvgIpc) is 2.23. The van der Waals surface area contributed by atoms with Gasteiger partial charge in [-0.3, -0.25) is 4.90 Å². The van der Waals surface area contributed by atoms with Crippen LogP contribution in [0.1, 0.15) is 40.0 Å².